The van der Waals surface area contributed by atoms with Crippen LogP contribution in [0.2, 0.25) is 0 Å². The van der Waals surface area contributed by atoms with Gasteiger partial charge in [0, 0.05) is 38.0 Å². The highest BCUT2D eigenvalue weighted by Gasteiger charge is 2.35. The summed E-state index contributed by atoms with van der Waals surface area (Å²) >= 11 is 0. The zero-order chi connectivity index (χ0) is 17.9. The van der Waals surface area contributed by atoms with Crippen molar-refractivity contribution in [3.63, 3.8) is 0 Å². The fraction of sp³-hybridized carbons (Fsp3) is 0.833. The maximum atomic E-state index is 12.8. The molecule has 2 heterocycles. The molecule has 0 bridgehead atoms. The molecule has 24 heavy (non-hydrogen) atoms. The maximum absolute atomic E-state index is 12.8. The van der Waals surface area contributed by atoms with E-state index in [0.717, 1.165) is 32.2 Å². The Bertz CT molecular complexity index is 490. The van der Waals surface area contributed by atoms with Crippen molar-refractivity contribution in [2.75, 3.05) is 26.2 Å². The first-order chi connectivity index (χ1) is 11.2. The molecule has 6 nitrogen and oxygen atoms in total. The molecular formula is C18H30N2O4. The van der Waals surface area contributed by atoms with Crippen LogP contribution in [0.4, 0.5) is 0 Å². The Morgan fingerprint density at radius 1 is 1.00 bits per heavy atom. The monoisotopic (exact) mass is 338 g/mol. The number of nitrogens with zero attached hydrogens (tertiary/aromatic N) is 2. The number of carboxylic acid groups (broad SMARTS) is 1. The zero-order valence-corrected chi connectivity index (χ0v) is 15.1. The van der Waals surface area contributed by atoms with E-state index in [0.29, 0.717) is 19.6 Å². The largest absolute Gasteiger partial charge is 0.481 e. The van der Waals surface area contributed by atoms with Crippen LogP contribution in [-0.2, 0) is 14.4 Å². The molecule has 2 amide bonds. The van der Waals surface area contributed by atoms with Gasteiger partial charge in [-0.15, -0.1) is 0 Å². The molecule has 2 fully saturated rings. The number of amides is 2. The van der Waals surface area contributed by atoms with Crippen LogP contribution in [-0.4, -0.2) is 58.9 Å². The summed E-state index contributed by atoms with van der Waals surface area (Å²) in [5.74, 6) is -0.448. The molecule has 0 aromatic carbocycles. The van der Waals surface area contributed by atoms with Gasteiger partial charge in [0.15, 0.2) is 0 Å². The molecule has 0 spiro atoms. The summed E-state index contributed by atoms with van der Waals surface area (Å²) in [5, 5.41) is 8.87. The summed E-state index contributed by atoms with van der Waals surface area (Å²) in [6.07, 6.45) is 3.42. The molecule has 2 aliphatic rings. The van der Waals surface area contributed by atoms with Crippen molar-refractivity contribution < 1.29 is 19.5 Å². The number of hydrogen-bond donors (Lipinski definition) is 1. The van der Waals surface area contributed by atoms with E-state index < -0.39 is 11.4 Å². The van der Waals surface area contributed by atoms with E-state index in [9.17, 15) is 14.4 Å². The number of hydrogen-bond acceptors (Lipinski definition) is 3. The predicted molar refractivity (Wildman–Crippen MR) is 90.3 cm³/mol. The topological polar surface area (TPSA) is 77.9 Å². The number of aliphatic carboxylic acids is 1. The number of likely N-dealkylation sites (tertiary alicyclic amines) is 2. The minimum atomic E-state index is -0.761. The molecule has 0 radical (unpaired) electrons. The summed E-state index contributed by atoms with van der Waals surface area (Å²) in [5.41, 5.74) is -0.417. The van der Waals surface area contributed by atoms with Gasteiger partial charge in [-0.05, 0) is 31.6 Å². The predicted octanol–water partition coefficient (Wildman–Crippen LogP) is 1.98. The summed E-state index contributed by atoms with van der Waals surface area (Å²) < 4.78 is 0. The van der Waals surface area contributed by atoms with Crippen LogP contribution in [0.15, 0.2) is 0 Å². The second-order valence-corrected chi connectivity index (χ2v) is 8.21. The highest BCUT2D eigenvalue weighted by molar-refractivity contribution is 5.84. The lowest BCUT2D eigenvalue weighted by Crippen LogP contribution is -2.50. The molecule has 2 saturated heterocycles. The minimum Gasteiger partial charge on any atom is -0.481 e. The van der Waals surface area contributed by atoms with Crippen LogP contribution in [0.1, 0.15) is 52.9 Å². The summed E-state index contributed by atoms with van der Waals surface area (Å²) in [6.45, 7) is 8.27. The lowest BCUT2D eigenvalue weighted by molar-refractivity contribution is -0.145. The SMILES string of the molecule is CC(C)(C)C(=O)N1CCCC(C(=O)N2CCC(CC(=O)O)CC2)C1. The average Bonchev–Trinajstić information content (AvgIpc) is 2.53. The van der Waals surface area contributed by atoms with E-state index in [1.165, 1.54) is 0 Å². The lowest BCUT2D eigenvalue weighted by atomic mass is 9.89. The Morgan fingerprint density at radius 3 is 2.17 bits per heavy atom. The van der Waals surface area contributed by atoms with Gasteiger partial charge in [0.05, 0.1) is 5.92 Å². The number of carbonyl (C=O) groups is 3. The molecule has 2 rings (SSSR count). The fourth-order valence-electron chi connectivity index (χ4n) is 3.70. The first kappa shape index (κ1) is 18.7. The normalized spacial score (nSPS) is 23.2. The van der Waals surface area contributed by atoms with Gasteiger partial charge in [-0.2, -0.15) is 0 Å². The molecule has 1 N–H and O–H groups in total. The van der Waals surface area contributed by atoms with E-state index in [1.54, 1.807) is 0 Å². The van der Waals surface area contributed by atoms with Crippen molar-refractivity contribution in [2.45, 2.75) is 52.9 Å². The van der Waals surface area contributed by atoms with Crippen LogP contribution in [0, 0.1) is 17.3 Å². The third-order valence-corrected chi connectivity index (χ3v) is 5.09. The molecule has 136 valence electrons. The fourth-order valence-corrected chi connectivity index (χ4v) is 3.70. The minimum absolute atomic E-state index is 0.110. The van der Waals surface area contributed by atoms with Crippen molar-refractivity contribution in [3.05, 3.63) is 0 Å². The Labute approximate surface area is 144 Å². The van der Waals surface area contributed by atoms with Crippen molar-refractivity contribution in [1.82, 2.24) is 9.80 Å². The van der Waals surface area contributed by atoms with Gasteiger partial charge in [0.25, 0.3) is 0 Å². The van der Waals surface area contributed by atoms with Crippen molar-refractivity contribution in [2.24, 2.45) is 17.3 Å². The molecule has 0 aliphatic carbocycles. The average molecular weight is 338 g/mol. The van der Waals surface area contributed by atoms with Crippen molar-refractivity contribution >= 4 is 17.8 Å². The molecule has 2 aliphatic heterocycles. The van der Waals surface area contributed by atoms with E-state index in [4.69, 9.17) is 5.11 Å². The third-order valence-electron chi connectivity index (χ3n) is 5.09. The van der Waals surface area contributed by atoms with Gasteiger partial charge in [-0.25, -0.2) is 0 Å². The van der Waals surface area contributed by atoms with Crippen LogP contribution in [0.3, 0.4) is 0 Å². The second-order valence-electron chi connectivity index (χ2n) is 8.21. The highest BCUT2D eigenvalue weighted by Crippen LogP contribution is 2.27. The van der Waals surface area contributed by atoms with Gasteiger partial charge in [0.1, 0.15) is 0 Å². The van der Waals surface area contributed by atoms with Crippen LogP contribution >= 0.6 is 0 Å². The van der Waals surface area contributed by atoms with E-state index in [1.807, 2.05) is 30.6 Å². The van der Waals surface area contributed by atoms with Gasteiger partial charge in [-0.3, -0.25) is 14.4 Å². The van der Waals surface area contributed by atoms with Gasteiger partial charge >= 0.3 is 5.97 Å². The van der Waals surface area contributed by atoms with Crippen LogP contribution in [0.25, 0.3) is 0 Å². The van der Waals surface area contributed by atoms with E-state index in [-0.39, 0.29) is 30.1 Å². The third kappa shape index (κ3) is 4.71. The molecule has 0 aromatic rings. The standard InChI is InChI=1S/C18H30N2O4/c1-18(2,3)17(24)20-8-4-5-14(12-20)16(23)19-9-6-13(7-10-19)11-15(21)22/h13-14H,4-12H2,1-3H3,(H,21,22). The maximum Gasteiger partial charge on any atom is 0.303 e. The highest BCUT2D eigenvalue weighted by atomic mass is 16.4. The first-order valence-corrected chi connectivity index (χ1v) is 8.98. The zero-order valence-electron chi connectivity index (χ0n) is 15.1. The molecule has 0 aromatic heterocycles. The smallest absolute Gasteiger partial charge is 0.303 e. The number of piperidine rings is 2. The summed E-state index contributed by atoms with van der Waals surface area (Å²) in [4.78, 5) is 39.7. The summed E-state index contributed by atoms with van der Waals surface area (Å²) in [6, 6.07) is 0. The van der Waals surface area contributed by atoms with Crippen molar-refractivity contribution in [3.8, 4) is 0 Å². The van der Waals surface area contributed by atoms with Gasteiger partial charge in [0.2, 0.25) is 11.8 Å². The number of rotatable bonds is 3. The molecular weight excluding hydrogens is 308 g/mol. The Balaban J connectivity index is 1.89. The molecule has 0 saturated carbocycles. The van der Waals surface area contributed by atoms with Gasteiger partial charge in [-0.1, -0.05) is 20.8 Å². The van der Waals surface area contributed by atoms with Gasteiger partial charge < -0.3 is 14.9 Å². The van der Waals surface area contributed by atoms with Crippen LogP contribution < -0.4 is 0 Å². The van der Waals surface area contributed by atoms with E-state index >= 15 is 0 Å². The molecule has 1 atom stereocenters. The number of carboxylic acids is 1. The second kappa shape index (κ2) is 7.53. The quantitative estimate of drug-likeness (QED) is 0.853. The van der Waals surface area contributed by atoms with E-state index in [2.05, 4.69) is 0 Å². The molecule has 1 unspecified atom stereocenters. The van der Waals surface area contributed by atoms with Crippen molar-refractivity contribution in [1.29, 1.82) is 0 Å². The first-order valence-electron chi connectivity index (χ1n) is 8.98. The Morgan fingerprint density at radius 2 is 1.62 bits per heavy atom. The summed E-state index contributed by atoms with van der Waals surface area (Å²) in [7, 11) is 0. The Kier molecular flexibility index (Phi) is 5.88. The van der Waals surface area contributed by atoms with Crippen LogP contribution in [0.5, 0.6) is 0 Å². The lowest BCUT2D eigenvalue weighted by Gasteiger charge is -2.39. The molecule has 6 heteroatoms. The Hall–Kier alpha value is -1.59. The number of carbonyl (C=O) groups excluding carboxylic acids is 2.